The summed E-state index contributed by atoms with van der Waals surface area (Å²) in [5.41, 5.74) is 4.13. The lowest BCUT2D eigenvalue weighted by Crippen LogP contribution is -2.08. The molecule has 0 aliphatic carbocycles. The third kappa shape index (κ3) is 3.56. The molecule has 0 fully saturated rings. The predicted molar refractivity (Wildman–Crippen MR) is 84.5 cm³/mol. The van der Waals surface area contributed by atoms with Gasteiger partial charge in [-0.2, -0.15) is 0 Å². The minimum Gasteiger partial charge on any atom is -0.481 e. The predicted octanol–water partition coefficient (Wildman–Crippen LogP) is 3.85. The van der Waals surface area contributed by atoms with Gasteiger partial charge in [0.05, 0.1) is 0 Å². The number of hydrogen-bond donors (Lipinski definition) is 1. The van der Waals surface area contributed by atoms with Gasteiger partial charge < -0.3 is 5.11 Å². The second-order valence-electron chi connectivity index (χ2n) is 4.80. The fourth-order valence-electron chi connectivity index (χ4n) is 2.50. The number of rotatable bonds is 6. The number of aliphatic carboxylic acids is 1. The van der Waals surface area contributed by atoms with Gasteiger partial charge in [-0.3, -0.25) is 9.36 Å². The molecule has 0 heterocycles. The highest BCUT2D eigenvalue weighted by Gasteiger charge is 2.13. The molecule has 0 unspecified atom stereocenters. The summed E-state index contributed by atoms with van der Waals surface area (Å²) in [6.07, 6.45) is 1.32. The fourth-order valence-corrected chi connectivity index (χ4v) is 2.99. The van der Waals surface area contributed by atoms with Crippen LogP contribution in [0.1, 0.15) is 24.5 Å². The minimum atomic E-state index is -0.845. The van der Waals surface area contributed by atoms with E-state index in [4.69, 9.17) is 5.11 Å². The molecule has 0 saturated carbocycles. The van der Waals surface area contributed by atoms with Gasteiger partial charge in [0.1, 0.15) is 0 Å². The quantitative estimate of drug-likeness (QED) is 0.824. The Morgan fingerprint density at radius 1 is 1.10 bits per heavy atom. The molecule has 3 nitrogen and oxygen atoms in total. The SMILES string of the molecule is CCc1ccccc1-c1cccc(P=O)c1CCC(=O)O. The highest BCUT2D eigenvalue weighted by molar-refractivity contribution is 7.34. The molecule has 4 heteroatoms. The average molecular weight is 300 g/mol. The van der Waals surface area contributed by atoms with E-state index in [0.717, 1.165) is 23.1 Å². The molecule has 0 radical (unpaired) electrons. The Balaban J connectivity index is 2.56. The van der Waals surface area contributed by atoms with Crippen LogP contribution in [0.25, 0.3) is 11.1 Å². The van der Waals surface area contributed by atoms with Gasteiger partial charge in [-0.15, -0.1) is 0 Å². The number of benzene rings is 2. The first kappa shape index (κ1) is 15.4. The fraction of sp³-hybridized carbons (Fsp3) is 0.235. The summed E-state index contributed by atoms with van der Waals surface area (Å²) < 4.78 is 11.4. The van der Waals surface area contributed by atoms with Crippen molar-refractivity contribution in [3.8, 4) is 11.1 Å². The van der Waals surface area contributed by atoms with E-state index in [1.807, 2.05) is 30.3 Å². The smallest absolute Gasteiger partial charge is 0.303 e. The zero-order valence-electron chi connectivity index (χ0n) is 11.9. The van der Waals surface area contributed by atoms with E-state index in [0.29, 0.717) is 11.7 Å². The van der Waals surface area contributed by atoms with E-state index in [1.54, 1.807) is 6.07 Å². The molecule has 21 heavy (non-hydrogen) atoms. The first-order chi connectivity index (χ1) is 10.2. The summed E-state index contributed by atoms with van der Waals surface area (Å²) in [6.45, 7) is 2.09. The monoisotopic (exact) mass is 300 g/mol. The molecule has 0 atom stereocenters. The van der Waals surface area contributed by atoms with Crippen molar-refractivity contribution in [1.29, 1.82) is 0 Å². The molecule has 0 saturated heterocycles. The molecule has 0 aliphatic heterocycles. The Labute approximate surface area is 125 Å². The first-order valence-electron chi connectivity index (χ1n) is 6.92. The summed E-state index contributed by atoms with van der Waals surface area (Å²) in [7, 11) is -0.0727. The summed E-state index contributed by atoms with van der Waals surface area (Å²) in [5, 5.41) is 9.59. The lowest BCUT2D eigenvalue weighted by molar-refractivity contribution is -0.136. The minimum absolute atomic E-state index is 0.0355. The summed E-state index contributed by atoms with van der Waals surface area (Å²) >= 11 is 0. The summed E-state index contributed by atoms with van der Waals surface area (Å²) in [5.74, 6) is -0.845. The molecule has 0 aliphatic rings. The normalized spacial score (nSPS) is 10.7. The van der Waals surface area contributed by atoms with Crippen LogP contribution in [-0.4, -0.2) is 11.1 Å². The van der Waals surface area contributed by atoms with Crippen molar-refractivity contribution in [3.63, 3.8) is 0 Å². The van der Waals surface area contributed by atoms with Crippen LogP contribution < -0.4 is 5.30 Å². The molecule has 1 N–H and O–H groups in total. The maximum Gasteiger partial charge on any atom is 0.303 e. The van der Waals surface area contributed by atoms with Crippen LogP contribution >= 0.6 is 8.46 Å². The zero-order chi connectivity index (χ0) is 15.2. The van der Waals surface area contributed by atoms with E-state index < -0.39 is 5.97 Å². The van der Waals surface area contributed by atoms with E-state index in [9.17, 15) is 9.36 Å². The average Bonchev–Trinajstić information content (AvgIpc) is 2.52. The van der Waals surface area contributed by atoms with Crippen molar-refractivity contribution in [2.75, 3.05) is 0 Å². The van der Waals surface area contributed by atoms with Crippen LogP contribution in [0.5, 0.6) is 0 Å². The molecule has 2 aromatic rings. The molecule has 2 aromatic carbocycles. The van der Waals surface area contributed by atoms with Crippen LogP contribution in [0.15, 0.2) is 42.5 Å². The van der Waals surface area contributed by atoms with Gasteiger partial charge in [-0.05, 0) is 41.2 Å². The van der Waals surface area contributed by atoms with Crippen molar-refractivity contribution in [2.45, 2.75) is 26.2 Å². The number of carboxylic acid groups (broad SMARTS) is 1. The Hall–Kier alpha value is -1.99. The van der Waals surface area contributed by atoms with E-state index in [1.165, 1.54) is 5.56 Å². The summed E-state index contributed by atoms with van der Waals surface area (Å²) in [6, 6.07) is 13.7. The number of carboxylic acids is 1. The van der Waals surface area contributed by atoms with Crippen molar-refractivity contribution >= 4 is 19.7 Å². The molecular formula is C17H17O3P. The van der Waals surface area contributed by atoms with Crippen molar-refractivity contribution in [2.24, 2.45) is 0 Å². The van der Waals surface area contributed by atoms with Gasteiger partial charge in [0.15, 0.2) is 8.46 Å². The van der Waals surface area contributed by atoms with Crippen molar-refractivity contribution < 1.29 is 14.5 Å². The maximum absolute atomic E-state index is 11.4. The lowest BCUT2D eigenvalue weighted by atomic mass is 9.92. The molecule has 2 rings (SSSR count). The van der Waals surface area contributed by atoms with Gasteiger partial charge >= 0.3 is 5.97 Å². The van der Waals surface area contributed by atoms with Gasteiger partial charge in [0, 0.05) is 11.7 Å². The van der Waals surface area contributed by atoms with E-state index in [-0.39, 0.29) is 14.9 Å². The molecule has 0 aromatic heterocycles. The Bertz CT molecular complexity index is 665. The number of aryl methyl sites for hydroxylation is 1. The summed E-state index contributed by atoms with van der Waals surface area (Å²) in [4.78, 5) is 10.9. The Morgan fingerprint density at radius 2 is 1.81 bits per heavy atom. The second kappa shape index (κ2) is 7.14. The van der Waals surface area contributed by atoms with Gasteiger partial charge in [0.25, 0.3) is 0 Å². The molecule has 0 bridgehead atoms. The molecule has 0 spiro atoms. The van der Waals surface area contributed by atoms with Gasteiger partial charge in [-0.25, -0.2) is 0 Å². The van der Waals surface area contributed by atoms with Crippen molar-refractivity contribution in [3.05, 3.63) is 53.6 Å². The Morgan fingerprint density at radius 3 is 2.48 bits per heavy atom. The number of hydrogen-bond acceptors (Lipinski definition) is 2. The van der Waals surface area contributed by atoms with Crippen LogP contribution in [0.3, 0.4) is 0 Å². The third-order valence-electron chi connectivity index (χ3n) is 3.53. The maximum atomic E-state index is 11.4. The zero-order valence-corrected chi connectivity index (χ0v) is 12.8. The van der Waals surface area contributed by atoms with E-state index in [2.05, 4.69) is 13.0 Å². The molecule has 108 valence electrons. The Kier molecular flexibility index (Phi) is 5.24. The first-order valence-corrected chi connectivity index (χ1v) is 7.74. The highest BCUT2D eigenvalue weighted by Crippen LogP contribution is 2.28. The lowest BCUT2D eigenvalue weighted by Gasteiger charge is -2.14. The van der Waals surface area contributed by atoms with Crippen LogP contribution in [0, 0.1) is 0 Å². The van der Waals surface area contributed by atoms with Gasteiger partial charge in [-0.1, -0.05) is 43.3 Å². The third-order valence-corrected chi connectivity index (χ3v) is 4.14. The van der Waals surface area contributed by atoms with Crippen LogP contribution in [0.2, 0.25) is 0 Å². The topological polar surface area (TPSA) is 54.4 Å². The van der Waals surface area contributed by atoms with Crippen LogP contribution in [0.4, 0.5) is 0 Å². The second-order valence-corrected chi connectivity index (χ2v) is 5.46. The van der Waals surface area contributed by atoms with Crippen LogP contribution in [-0.2, 0) is 22.2 Å². The van der Waals surface area contributed by atoms with Gasteiger partial charge in [0.2, 0.25) is 0 Å². The van der Waals surface area contributed by atoms with Crippen molar-refractivity contribution in [1.82, 2.24) is 0 Å². The highest BCUT2D eigenvalue weighted by atomic mass is 31.1. The molecule has 0 amide bonds. The molecular weight excluding hydrogens is 283 g/mol. The largest absolute Gasteiger partial charge is 0.481 e. The van der Waals surface area contributed by atoms with E-state index >= 15 is 0 Å². The standard InChI is InChI=1S/C17H17O3P/c1-2-12-6-3-4-7-13(12)14-8-5-9-16(21-20)15(14)10-11-17(18)19/h3-9H,2,10-11H2,1H3,(H,18,19). The number of carbonyl (C=O) groups is 1.